The van der Waals surface area contributed by atoms with E-state index in [1.54, 1.807) is 0 Å². The molecule has 0 aliphatic heterocycles. The maximum Gasteiger partial charge on any atom is 0.433 e. The molecule has 2 heterocycles. The first kappa shape index (κ1) is 13.2. The minimum atomic E-state index is -4.54. The van der Waals surface area contributed by atoms with E-state index >= 15 is 0 Å². The molecule has 0 spiro atoms. The second kappa shape index (κ2) is 5.21. The van der Waals surface area contributed by atoms with Crippen LogP contribution in [0.2, 0.25) is 0 Å². The van der Waals surface area contributed by atoms with Gasteiger partial charge < -0.3 is 5.32 Å². The topological polar surface area (TPSA) is 68.5 Å². The van der Waals surface area contributed by atoms with Crippen LogP contribution in [0, 0.1) is 0 Å². The summed E-state index contributed by atoms with van der Waals surface area (Å²) in [6, 6.07) is 0.825. The zero-order valence-electron chi connectivity index (χ0n) is 10.0. The zero-order chi connectivity index (χ0) is 13.9. The maximum absolute atomic E-state index is 12.7. The third kappa shape index (κ3) is 3.18. The van der Waals surface area contributed by atoms with E-state index in [2.05, 4.69) is 25.4 Å². The Balaban J connectivity index is 2.43. The number of anilines is 1. The van der Waals surface area contributed by atoms with Crippen LogP contribution in [0.3, 0.4) is 0 Å². The van der Waals surface area contributed by atoms with Crippen molar-refractivity contribution in [3.05, 3.63) is 24.4 Å². The summed E-state index contributed by atoms with van der Waals surface area (Å²) in [4.78, 5) is 11.1. The monoisotopic (exact) mass is 272 g/mol. The van der Waals surface area contributed by atoms with Gasteiger partial charge in [-0.3, -0.25) is 0 Å². The molecular formula is C10H11F3N6. The van der Waals surface area contributed by atoms with Crippen molar-refractivity contribution in [2.24, 2.45) is 0 Å². The van der Waals surface area contributed by atoms with Crippen LogP contribution in [0.15, 0.2) is 18.7 Å². The quantitative estimate of drug-likeness (QED) is 0.920. The Hall–Kier alpha value is -2.19. The number of hydrogen-bond donors (Lipinski definition) is 1. The maximum atomic E-state index is 12.7. The summed E-state index contributed by atoms with van der Waals surface area (Å²) in [6.45, 7) is 2.37. The molecule has 1 N–H and O–H groups in total. The van der Waals surface area contributed by atoms with E-state index in [0.29, 0.717) is 6.54 Å². The van der Waals surface area contributed by atoms with Crippen LogP contribution >= 0.6 is 0 Å². The second-order valence-electron chi connectivity index (χ2n) is 3.70. The van der Waals surface area contributed by atoms with Crippen molar-refractivity contribution in [2.45, 2.75) is 19.5 Å². The van der Waals surface area contributed by atoms with E-state index in [1.807, 2.05) is 6.92 Å². The van der Waals surface area contributed by atoms with Crippen molar-refractivity contribution in [3.63, 3.8) is 0 Å². The Morgan fingerprint density at radius 2 is 2.11 bits per heavy atom. The lowest BCUT2D eigenvalue weighted by molar-refractivity contribution is -0.141. The molecule has 0 saturated carbocycles. The fraction of sp³-hybridized carbons (Fsp3) is 0.400. The summed E-state index contributed by atoms with van der Waals surface area (Å²) in [7, 11) is 0. The average Bonchev–Trinajstić information content (AvgIpc) is 2.89. The summed E-state index contributed by atoms with van der Waals surface area (Å²) < 4.78 is 39.4. The summed E-state index contributed by atoms with van der Waals surface area (Å²) in [6.07, 6.45) is -1.31. The third-order valence-electron chi connectivity index (χ3n) is 2.19. The highest BCUT2D eigenvalue weighted by atomic mass is 19.4. The summed E-state index contributed by atoms with van der Waals surface area (Å²) in [5.74, 6) is -0.0689. The molecule has 0 saturated heterocycles. The molecular weight excluding hydrogens is 261 g/mol. The Morgan fingerprint density at radius 3 is 2.68 bits per heavy atom. The van der Waals surface area contributed by atoms with Crippen LogP contribution in [-0.4, -0.2) is 31.3 Å². The van der Waals surface area contributed by atoms with Crippen molar-refractivity contribution in [1.82, 2.24) is 24.7 Å². The highest BCUT2D eigenvalue weighted by Gasteiger charge is 2.34. The molecule has 0 aliphatic carbocycles. The second-order valence-corrected chi connectivity index (χ2v) is 3.70. The number of halogens is 3. The van der Waals surface area contributed by atoms with E-state index in [4.69, 9.17) is 0 Å². The number of nitrogens with one attached hydrogen (secondary N) is 1. The van der Waals surface area contributed by atoms with Gasteiger partial charge in [-0.15, -0.1) is 0 Å². The van der Waals surface area contributed by atoms with Crippen LogP contribution in [0.1, 0.15) is 19.0 Å². The molecule has 0 aliphatic rings. The number of aromatic nitrogens is 5. The predicted molar refractivity (Wildman–Crippen MR) is 60.7 cm³/mol. The number of alkyl halides is 3. The summed E-state index contributed by atoms with van der Waals surface area (Å²) >= 11 is 0. The first-order chi connectivity index (χ1) is 9.00. The molecule has 9 heteroatoms. The lowest BCUT2D eigenvalue weighted by Crippen LogP contribution is -2.14. The Kier molecular flexibility index (Phi) is 3.63. The summed E-state index contributed by atoms with van der Waals surface area (Å²) in [5.41, 5.74) is -1.02. The molecule has 0 fully saturated rings. The molecule has 0 bridgehead atoms. The lowest BCUT2D eigenvalue weighted by Gasteiger charge is -2.10. The highest BCUT2D eigenvalue weighted by Crippen LogP contribution is 2.29. The van der Waals surface area contributed by atoms with Gasteiger partial charge in [0.1, 0.15) is 12.7 Å². The standard InChI is InChI=1S/C10H11F3N6/c1-2-3-15-9-17-7(10(11,12)13)4-8(18-9)19-6-14-5-16-19/h4-6H,2-3H2,1H3,(H,15,17,18). The van der Waals surface area contributed by atoms with Gasteiger partial charge in [0, 0.05) is 12.6 Å². The van der Waals surface area contributed by atoms with E-state index in [9.17, 15) is 13.2 Å². The van der Waals surface area contributed by atoms with E-state index in [-0.39, 0.29) is 11.8 Å². The fourth-order valence-corrected chi connectivity index (χ4v) is 1.34. The van der Waals surface area contributed by atoms with Crippen LogP contribution in [0.4, 0.5) is 19.1 Å². The van der Waals surface area contributed by atoms with Crippen LogP contribution in [0.5, 0.6) is 0 Å². The first-order valence-corrected chi connectivity index (χ1v) is 5.56. The third-order valence-corrected chi connectivity index (χ3v) is 2.19. The van der Waals surface area contributed by atoms with E-state index in [0.717, 1.165) is 17.2 Å². The van der Waals surface area contributed by atoms with Gasteiger partial charge in [0.15, 0.2) is 11.5 Å². The normalized spacial score (nSPS) is 11.6. The first-order valence-electron chi connectivity index (χ1n) is 5.56. The van der Waals surface area contributed by atoms with Crippen molar-refractivity contribution < 1.29 is 13.2 Å². The number of rotatable bonds is 4. The minimum absolute atomic E-state index is 0.0124. The average molecular weight is 272 g/mol. The van der Waals surface area contributed by atoms with Gasteiger partial charge >= 0.3 is 6.18 Å². The molecule has 2 aromatic rings. The minimum Gasteiger partial charge on any atom is -0.354 e. The Bertz CT molecular complexity index is 537. The number of nitrogens with zero attached hydrogens (tertiary/aromatic N) is 5. The van der Waals surface area contributed by atoms with Crippen molar-refractivity contribution in [2.75, 3.05) is 11.9 Å². The molecule has 6 nitrogen and oxygen atoms in total. The molecule has 102 valence electrons. The SMILES string of the molecule is CCCNc1nc(-n2cncn2)cc(C(F)(F)F)n1. The molecule has 0 unspecified atom stereocenters. The van der Waals surface area contributed by atoms with Crippen LogP contribution in [-0.2, 0) is 6.18 Å². The van der Waals surface area contributed by atoms with Gasteiger partial charge in [0.05, 0.1) is 0 Å². The molecule has 0 radical (unpaired) electrons. The van der Waals surface area contributed by atoms with Crippen molar-refractivity contribution in [3.8, 4) is 5.82 Å². The number of hydrogen-bond acceptors (Lipinski definition) is 5. The zero-order valence-corrected chi connectivity index (χ0v) is 10.0. The largest absolute Gasteiger partial charge is 0.433 e. The smallest absolute Gasteiger partial charge is 0.354 e. The molecule has 0 atom stereocenters. The van der Waals surface area contributed by atoms with Crippen molar-refractivity contribution in [1.29, 1.82) is 0 Å². The molecule has 0 aromatic carbocycles. The molecule has 2 rings (SSSR count). The lowest BCUT2D eigenvalue weighted by atomic mass is 10.4. The van der Waals surface area contributed by atoms with E-state index < -0.39 is 11.9 Å². The van der Waals surface area contributed by atoms with Gasteiger partial charge in [-0.05, 0) is 6.42 Å². The van der Waals surface area contributed by atoms with Gasteiger partial charge in [-0.25, -0.2) is 14.6 Å². The predicted octanol–water partition coefficient (Wildman–Crippen LogP) is 1.90. The van der Waals surface area contributed by atoms with Crippen LogP contribution in [0.25, 0.3) is 5.82 Å². The van der Waals surface area contributed by atoms with Gasteiger partial charge in [-0.1, -0.05) is 6.92 Å². The van der Waals surface area contributed by atoms with Crippen LogP contribution < -0.4 is 5.32 Å². The van der Waals surface area contributed by atoms with Gasteiger partial charge in [0.25, 0.3) is 0 Å². The molecule has 0 amide bonds. The Morgan fingerprint density at radius 1 is 1.32 bits per heavy atom. The fourth-order valence-electron chi connectivity index (χ4n) is 1.34. The highest BCUT2D eigenvalue weighted by molar-refractivity contribution is 5.35. The van der Waals surface area contributed by atoms with Gasteiger partial charge in [0.2, 0.25) is 5.95 Å². The Labute approximate surface area is 106 Å². The summed E-state index contributed by atoms with van der Waals surface area (Å²) in [5, 5.41) is 6.48. The molecule has 2 aromatic heterocycles. The van der Waals surface area contributed by atoms with Crippen molar-refractivity contribution >= 4 is 5.95 Å². The van der Waals surface area contributed by atoms with Gasteiger partial charge in [-0.2, -0.15) is 23.3 Å². The molecule has 19 heavy (non-hydrogen) atoms. The van der Waals surface area contributed by atoms with E-state index in [1.165, 1.54) is 12.7 Å².